The van der Waals surface area contributed by atoms with Gasteiger partial charge >= 0.3 is 0 Å². The number of hydrogen-bond donors (Lipinski definition) is 1. The van der Waals surface area contributed by atoms with Gasteiger partial charge in [-0.1, -0.05) is 37.3 Å². The maximum atomic E-state index is 3.46. The highest BCUT2D eigenvalue weighted by Crippen LogP contribution is 2.22. The third-order valence-corrected chi connectivity index (χ3v) is 2.70. The molecule has 0 aliphatic carbocycles. The van der Waals surface area contributed by atoms with E-state index in [1.54, 1.807) is 0 Å². The second-order valence-corrected chi connectivity index (χ2v) is 4.01. The van der Waals surface area contributed by atoms with Gasteiger partial charge in [-0.15, -0.1) is 0 Å². The molecular weight excluding hydrogens is 194 g/mol. The van der Waals surface area contributed by atoms with Crippen molar-refractivity contribution in [1.82, 2.24) is 0 Å². The summed E-state index contributed by atoms with van der Waals surface area (Å²) >= 11 is 0. The van der Waals surface area contributed by atoms with Crippen LogP contribution in [0.3, 0.4) is 0 Å². The van der Waals surface area contributed by atoms with Gasteiger partial charge < -0.3 is 5.32 Å². The highest BCUT2D eigenvalue weighted by Gasteiger charge is 2.00. The number of aryl methyl sites for hydroxylation is 2. The lowest BCUT2D eigenvalue weighted by molar-refractivity contribution is 1.14. The SMILES string of the molecule is CCc1ccc(C)cc1Nc1ccccc1. The van der Waals surface area contributed by atoms with Crippen molar-refractivity contribution in [3.8, 4) is 0 Å². The third-order valence-electron chi connectivity index (χ3n) is 2.70. The molecular formula is C15H17N. The van der Waals surface area contributed by atoms with Crippen LogP contribution >= 0.6 is 0 Å². The highest BCUT2D eigenvalue weighted by atomic mass is 14.9. The largest absolute Gasteiger partial charge is 0.355 e. The van der Waals surface area contributed by atoms with E-state index in [0.29, 0.717) is 0 Å². The number of nitrogens with one attached hydrogen (secondary N) is 1. The topological polar surface area (TPSA) is 12.0 Å². The first-order chi connectivity index (χ1) is 7.79. The molecule has 0 aliphatic heterocycles. The lowest BCUT2D eigenvalue weighted by atomic mass is 10.1. The van der Waals surface area contributed by atoms with Crippen molar-refractivity contribution in [2.75, 3.05) is 5.32 Å². The predicted octanol–water partition coefficient (Wildman–Crippen LogP) is 4.30. The average Bonchev–Trinajstić information content (AvgIpc) is 2.31. The summed E-state index contributed by atoms with van der Waals surface area (Å²) < 4.78 is 0. The summed E-state index contributed by atoms with van der Waals surface area (Å²) in [7, 11) is 0. The van der Waals surface area contributed by atoms with E-state index in [1.807, 2.05) is 18.2 Å². The van der Waals surface area contributed by atoms with Crippen molar-refractivity contribution in [3.05, 3.63) is 59.7 Å². The molecule has 0 saturated heterocycles. The number of rotatable bonds is 3. The van der Waals surface area contributed by atoms with E-state index in [-0.39, 0.29) is 0 Å². The number of anilines is 2. The molecule has 0 spiro atoms. The fourth-order valence-corrected chi connectivity index (χ4v) is 1.79. The summed E-state index contributed by atoms with van der Waals surface area (Å²) in [5.74, 6) is 0. The summed E-state index contributed by atoms with van der Waals surface area (Å²) in [5.41, 5.74) is 5.00. The van der Waals surface area contributed by atoms with E-state index in [4.69, 9.17) is 0 Å². The molecule has 2 aromatic carbocycles. The average molecular weight is 211 g/mol. The first-order valence-electron chi connectivity index (χ1n) is 5.71. The maximum Gasteiger partial charge on any atom is 0.0419 e. The van der Waals surface area contributed by atoms with Crippen molar-refractivity contribution in [1.29, 1.82) is 0 Å². The fraction of sp³-hybridized carbons (Fsp3) is 0.200. The maximum absolute atomic E-state index is 3.46. The Balaban J connectivity index is 2.30. The molecule has 0 fully saturated rings. The van der Waals surface area contributed by atoms with E-state index < -0.39 is 0 Å². The molecule has 0 saturated carbocycles. The molecule has 1 nitrogen and oxygen atoms in total. The van der Waals surface area contributed by atoms with Crippen LogP contribution in [0.15, 0.2) is 48.5 Å². The Kier molecular flexibility index (Phi) is 3.25. The van der Waals surface area contributed by atoms with E-state index in [2.05, 4.69) is 49.5 Å². The van der Waals surface area contributed by atoms with Crippen molar-refractivity contribution in [2.24, 2.45) is 0 Å². The number of benzene rings is 2. The Bertz CT molecular complexity index is 460. The lowest BCUT2D eigenvalue weighted by Gasteiger charge is -2.11. The van der Waals surface area contributed by atoms with E-state index in [0.717, 1.165) is 12.1 Å². The summed E-state index contributed by atoms with van der Waals surface area (Å²) in [5, 5.41) is 3.46. The van der Waals surface area contributed by atoms with Gasteiger partial charge in [0.2, 0.25) is 0 Å². The normalized spacial score (nSPS) is 10.1. The Morgan fingerprint density at radius 1 is 1.00 bits per heavy atom. The molecule has 0 atom stereocenters. The van der Waals surface area contributed by atoms with E-state index in [1.165, 1.54) is 16.8 Å². The van der Waals surface area contributed by atoms with Crippen LogP contribution in [0.5, 0.6) is 0 Å². The van der Waals surface area contributed by atoms with Gasteiger partial charge in [-0.2, -0.15) is 0 Å². The van der Waals surface area contributed by atoms with Crippen LogP contribution in [0.2, 0.25) is 0 Å². The fourth-order valence-electron chi connectivity index (χ4n) is 1.79. The predicted molar refractivity (Wildman–Crippen MR) is 70.3 cm³/mol. The monoisotopic (exact) mass is 211 g/mol. The van der Waals surface area contributed by atoms with Gasteiger partial charge in [-0.05, 0) is 42.7 Å². The second-order valence-electron chi connectivity index (χ2n) is 4.01. The van der Waals surface area contributed by atoms with Crippen LogP contribution in [-0.2, 0) is 6.42 Å². The molecule has 0 unspecified atom stereocenters. The Morgan fingerprint density at radius 2 is 1.75 bits per heavy atom. The quantitative estimate of drug-likeness (QED) is 0.798. The van der Waals surface area contributed by atoms with Crippen molar-refractivity contribution in [3.63, 3.8) is 0 Å². The summed E-state index contributed by atoms with van der Waals surface area (Å²) in [6.45, 7) is 4.30. The highest BCUT2D eigenvalue weighted by molar-refractivity contribution is 5.63. The van der Waals surface area contributed by atoms with E-state index in [9.17, 15) is 0 Å². The van der Waals surface area contributed by atoms with Crippen LogP contribution in [-0.4, -0.2) is 0 Å². The summed E-state index contributed by atoms with van der Waals surface area (Å²) in [4.78, 5) is 0. The molecule has 16 heavy (non-hydrogen) atoms. The molecule has 2 rings (SSSR count). The third kappa shape index (κ3) is 2.43. The van der Waals surface area contributed by atoms with Gasteiger partial charge in [-0.25, -0.2) is 0 Å². The molecule has 82 valence electrons. The van der Waals surface area contributed by atoms with Crippen molar-refractivity contribution in [2.45, 2.75) is 20.3 Å². The Morgan fingerprint density at radius 3 is 2.44 bits per heavy atom. The van der Waals surface area contributed by atoms with Crippen LogP contribution in [0.4, 0.5) is 11.4 Å². The van der Waals surface area contributed by atoms with E-state index >= 15 is 0 Å². The smallest absolute Gasteiger partial charge is 0.0419 e. The molecule has 0 amide bonds. The molecule has 2 aromatic rings. The van der Waals surface area contributed by atoms with Gasteiger partial charge in [0, 0.05) is 11.4 Å². The van der Waals surface area contributed by atoms with Gasteiger partial charge in [0.25, 0.3) is 0 Å². The standard InChI is InChI=1S/C15H17N/c1-3-13-10-9-12(2)11-15(13)16-14-7-5-4-6-8-14/h4-11,16H,3H2,1-2H3. The first-order valence-corrected chi connectivity index (χ1v) is 5.71. The van der Waals surface area contributed by atoms with Gasteiger partial charge in [0.1, 0.15) is 0 Å². The number of hydrogen-bond acceptors (Lipinski definition) is 1. The van der Waals surface area contributed by atoms with Crippen molar-refractivity contribution < 1.29 is 0 Å². The molecule has 1 N–H and O–H groups in total. The molecule has 0 aliphatic rings. The zero-order valence-electron chi connectivity index (χ0n) is 9.83. The number of para-hydroxylation sites is 1. The Hall–Kier alpha value is -1.76. The van der Waals surface area contributed by atoms with Gasteiger partial charge in [0.05, 0.1) is 0 Å². The molecule has 0 heterocycles. The van der Waals surface area contributed by atoms with Crippen LogP contribution in [0.1, 0.15) is 18.1 Å². The first kappa shape index (κ1) is 10.7. The Labute approximate surface area is 97.1 Å². The van der Waals surface area contributed by atoms with Crippen LogP contribution in [0.25, 0.3) is 0 Å². The zero-order chi connectivity index (χ0) is 11.4. The molecule has 0 radical (unpaired) electrons. The van der Waals surface area contributed by atoms with Crippen LogP contribution in [0, 0.1) is 6.92 Å². The molecule has 0 aromatic heterocycles. The zero-order valence-corrected chi connectivity index (χ0v) is 9.83. The van der Waals surface area contributed by atoms with Gasteiger partial charge in [-0.3, -0.25) is 0 Å². The minimum atomic E-state index is 1.05. The van der Waals surface area contributed by atoms with Crippen molar-refractivity contribution >= 4 is 11.4 Å². The second kappa shape index (κ2) is 4.84. The molecule has 0 bridgehead atoms. The minimum Gasteiger partial charge on any atom is -0.355 e. The summed E-state index contributed by atoms with van der Waals surface area (Å²) in [6, 6.07) is 16.8. The van der Waals surface area contributed by atoms with Crippen LogP contribution < -0.4 is 5.32 Å². The molecule has 1 heteroatoms. The lowest BCUT2D eigenvalue weighted by Crippen LogP contribution is -1.95. The van der Waals surface area contributed by atoms with Gasteiger partial charge in [0.15, 0.2) is 0 Å². The summed E-state index contributed by atoms with van der Waals surface area (Å²) in [6.07, 6.45) is 1.05. The minimum absolute atomic E-state index is 1.05.